The third-order valence-corrected chi connectivity index (χ3v) is 5.34. The van der Waals surface area contributed by atoms with Crippen LogP contribution >= 0.6 is 11.8 Å². The summed E-state index contributed by atoms with van der Waals surface area (Å²) in [7, 11) is 0. The summed E-state index contributed by atoms with van der Waals surface area (Å²) in [6, 6.07) is 9.93. The first-order chi connectivity index (χ1) is 12.1. The predicted octanol–water partition coefficient (Wildman–Crippen LogP) is 3.49. The average Bonchev–Trinajstić information content (AvgIpc) is 2.83. The molecule has 3 aromatic rings. The molecule has 0 fully saturated rings. The number of pyridine rings is 1. The number of aryl methyl sites for hydroxylation is 1. The highest BCUT2D eigenvalue weighted by molar-refractivity contribution is 8.00. The molecule has 1 aliphatic rings. The van der Waals surface area contributed by atoms with Gasteiger partial charge in [-0.2, -0.15) is 5.10 Å². The molecule has 0 spiro atoms. The van der Waals surface area contributed by atoms with Gasteiger partial charge in [0.15, 0.2) is 0 Å². The zero-order chi connectivity index (χ0) is 17.4. The molecule has 2 aromatic heterocycles. The minimum atomic E-state index is -0.313. The Bertz CT molecular complexity index is 924. The Balaban J connectivity index is 1.89. The zero-order valence-corrected chi connectivity index (χ0v) is 14.3. The highest BCUT2D eigenvalue weighted by atomic mass is 32.2. The summed E-state index contributed by atoms with van der Waals surface area (Å²) in [4.78, 5) is 16.4. The number of amides is 1. The van der Waals surface area contributed by atoms with Crippen LogP contribution in [0.2, 0.25) is 0 Å². The summed E-state index contributed by atoms with van der Waals surface area (Å²) < 4.78 is 14.9. The number of nitrogens with one attached hydrogen (secondary N) is 1. The lowest BCUT2D eigenvalue weighted by Crippen LogP contribution is -2.15. The van der Waals surface area contributed by atoms with E-state index in [0.29, 0.717) is 17.3 Å². The normalized spacial score (nSPS) is 16.9. The molecule has 0 radical (unpaired) electrons. The van der Waals surface area contributed by atoms with Gasteiger partial charge in [-0.25, -0.2) is 9.07 Å². The molecular formula is C18H15FN4OS. The Morgan fingerprint density at radius 1 is 1.28 bits per heavy atom. The van der Waals surface area contributed by atoms with Crippen LogP contribution in [0.4, 0.5) is 10.2 Å². The van der Waals surface area contributed by atoms with Crippen molar-refractivity contribution >= 4 is 23.5 Å². The number of fused-ring (bicyclic) bond motifs is 1. The van der Waals surface area contributed by atoms with E-state index >= 15 is 0 Å². The fourth-order valence-corrected chi connectivity index (χ4v) is 4.12. The van der Waals surface area contributed by atoms with Crippen LogP contribution in [0.25, 0.3) is 5.69 Å². The number of hydrogen-bond acceptors (Lipinski definition) is 4. The molecule has 0 aliphatic carbocycles. The number of thioether (sulfide) groups is 1. The van der Waals surface area contributed by atoms with E-state index in [1.54, 1.807) is 34.8 Å². The molecule has 25 heavy (non-hydrogen) atoms. The molecule has 4 rings (SSSR count). The number of rotatable bonds is 2. The van der Waals surface area contributed by atoms with Crippen molar-refractivity contribution in [2.24, 2.45) is 0 Å². The van der Waals surface area contributed by atoms with Crippen LogP contribution in [0.5, 0.6) is 0 Å². The Morgan fingerprint density at radius 2 is 2.08 bits per heavy atom. The van der Waals surface area contributed by atoms with E-state index in [9.17, 15) is 9.18 Å². The first-order valence-electron chi connectivity index (χ1n) is 7.80. The fraction of sp³-hybridized carbons (Fsp3) is 0.167. The zero-order valence-electron chi connectivity index (χ0n) is 13.4. The molecule has 1 aromatic carbocycles. The maximum absolute atomic E-state index is 13.2. The molecule has 0 saturated carbocycles. The summed E-state index contributed by atoms with van der Waals surface area (Å²) in [6.07, 6.45) is 3.54. The molecule has 1 aliphatic heterocycles. The molecule has 126 valence electrons. The molecule has 3 heterocycles. The standard InChI is InChI=1S/C18H15FN4OS/c1-11-16-17(12-3-2-8-20-9-12)25-10-15(24)21-18(16)23(22-11)14-6-4-13(19)5-7-14/h2-9,17H,10H2,1H3,(H,21,24). The van der Waals surface area contributed by atoms with Crippen LogP contribution in [0.15, 0.2) is 48.8 Å². The van der Waals surface area contributed by atoms with Gasteiger partial charge in [0.2, 0.25) is 5.91 Å². The fourth-order valence-electron chi connectivity index (χ4n) is 2.95. The number of carbonyl (C=O) groups is 1. The van der Waals surface area contributed by atoms with Gasteiger partial charge in [0, 0.05) is 18.0 Å². The van der Waals surface area contributed by atoms with E-state index in [1.807, 2.05) is 25.3 Å². The van der Waals surface area contributed by atoms with Gasteiger partial charge in [0.25, 0.3) is 0 Å². The van der Waals surface area contributed by atoms with Gasteiger partial charge < -0.3 is 5.32 Å². The van der Waals surface area contributed by atoms with Crippen molar-refractivity contribution in [2.45, 2.75) is 12.2 Å². The van der Waals surface area contributed by atoms with Crippen molar-refractivity contribution < 1.29 is 9.18 Å². The third kappa shape index (κ3) is 2.91. The molecule has 1 N–H and O–H groups in total. The molecule has 1 unspecified atom stereocenters. The third-order valence-electron chi connectivity index (χ3n) is 4.07. The monoisotopic (exact) mass is 354 g/mol. The van der Waals surface area contributed by atoms with Gasteiger partial charge in [0.1, 0.15) is 11.6 Å². The van der Waals surface area contributed by atoms with E-state index in [4.69, 9.17) is 0 Å². The van der Waals surface area contributed by atoms with Crippen molar-refractivity contribution in [1.82, 2.24) is 14.8 Å². The number of hydrogen-bond donors (Lipinski definition) is 1. The minimum Gasteiger partial charge on any atom is -0.310 e. The van der Waals surface area contributed by atoms with Gasteiger partial charge in [0.05, 0.1) is 22.4 Å². The largest absolute Gasteiger partial charge is 0.310 e. The number of aromatic nitrogens is 3. The summed E-state index contributed by atoms with van der Waals surface area (Å²) in [6.45, 7) is 1.92. The number of benzene rings is 1. The van der Waals surface area contributed by atoms with Crippen LogP contribution in [0, 0.1) is 12.7 Å². The summed E-state index contributed by atoms with van der Waals surface area (Å²) >= 11 is 1.55. The predicted molar refractivity (Wildman–Crippen MR) is 95.4 cm³/mol. The van der Waals surface area contributed by atoms with Gasteiger partial charge >= 0.3 is 0 Å². The number of nitrogens with zero attached hydrogens (tertiary/aromatic N) is 3. The Labute approximate surface area is 148 Å². The van der Waals surface area contributed by atoms with E-state index < -0.39 is 0 Å². The molecular weight excluding hydrogens is 339 g/mol. The van der Waals surface area contributed by atoms with Gasteiger partial charge in [-0.05, 0) is 42.8 Å². The summed E-state index contributed by atoms with van der Waals surface area (Å²) in [5.41, 5.74) is 3.49. The van der Waals surface area contributed by atoms with Crippen molar-refractivity contribution in [3.63, 3.8) is 0 Å². The van der Waals surface area contributed by atoms with Gasteiger partial charge in [-0.1, -0.05) is 6.07 Å². The van der Waals surface area contributed by atoms with Gasteiger partial charge in [-0.15, -0.1) is 11.8 Å². The lowest BCUT2D eigenvalue weighted by molar-refractivity contribution is -0.113. The lowest BCUT2D eigenvalue weighted by Gasteiger charge is -2.14. The van der Waals surface area contributed by atoms with E-state index in [2.05, 4.69) is 15.4 Å². The van der Waals surface area contributed by atoms with Crippen LogP contribution in [0.3, 0.4) is 0 Å². The Hall–Kier alpha value is -2.67. The highest BCUT2D eigenvalue weighted by Gasteiger charge is 2.30. The van der Waals surface area contributed by atoms with E-state index in [1.165, 1.54) is 12.1 Å². The minimum absolute atomic E-state index is 0.0446. The smallest absolute Gasteiger partial charge is 0.235 e. The first kappa shape index (κ1) is 15.8. The molecule has 5 nitrogen and oxygen atoms in total. The Morgan fingerprint density at radius 3 is 2.80 bits per heavy atom. The number of anilines is 1. The van der Waals surface area contributed by atoms with Crippen LogP contribution in [0.1, 0.15) is 22.1 Å². The number of carbonyl (C=O) groups excluding carboxylic acids is 1. The maximum Gasteiger partial charge on any atom is 0.235 e. The van der Waals surface area contributed by atoms with Crippen molar-refractivity contribution in [3.05, 3.63) is 71.4 Å². The number of halogens is 1. The second kappa shape index (κ2) is 6.33. The topological polar surface area (TPSA) is 59.8 Å². The SMILES string of the molecule is Cc1nn(-c2ccc(F)cc2)c2c1C(c1cccnc1)SCC(=O)N2. The van der Waals surface area contributed by atoms with Crippen LogP contribution in [-0.2, 0) is 4.79 Å². The van der Waals surface area contributed by atoms with Gasteiger partial charge in [-0.3, -0.25) is 9.78 Å². The van der Waals surface area contributed by atoms with Crippen molar-refractivity contribution in [3.8, 4) is 5.69 Å². The molecule has 0 saturated heterocycles. The quantitative estimate of drug-likeness (QED) is 0.765. The lowest BCUT2D eigenvalue weighted by atomic mass is 10.1. The maximum atomic E-state index is 13.2. The molecule has 0 bridgehead atoms. The second-order valence-electron chi connectivity index (χ2n) is 5.76. The van der Waals surface area contributed by atoms with Crippen LogP contribution in [-0.4, -0.2) is 26.4 Å². The molecule has 1 amide bonds. The average molecular weight is 354 g/mol. The van der Waals surface area contributed by atoms with E-state index in [0.717, 1.165) is 16.8 Å². The summed E-state index contributed by atoms with van der Waals surface area (Å²) in [5, 5.41) is 7.50. The van der Waals surface area contributed by atoms with Crippen molar-refractivity contribution in [1.29, 1.82) is 0 Å². The molecule has 7 heteroatoms. The summed E-state index contributed by atoms with van der Waals surface area (Å²) in [5.74, 6) is 0.581. The van der Waals surface area contributed by atoms with E-state index in [-0.39, 0.29) is 17.0 Å². The first-order valence-corrected chi connectivity index (χ1v) is 8.85. The second-order valence-corrected chi connectivity index (χ2v) is 6.85. The Kier molecular flexibility index (Phi) is 4.01. The molecule has 1 atom stereocenters. The van der Waals surface area contributed by atoms with Crippen LogP contribution < -0.4 is 5.32 Å². The van der Waals surface area contributed by atoms with Crippen molar-refractivity contribution in [2.75, 3.05) is 11.1 Å². The highest BCUT2D eigenvalue weighted by Crippen LogP contribution is 2.43.